The molecule has 1 aromatic carbocycles. The van der Waals surface area contributed by atoms with E-state index in [1.165, 1.54) is 0 Å². The van der Waals surface area contributed by atoms with Gasteiger partial charge in [0.1, 0.15) is 0 Å². The molecule has 7 nitrogen and oxygen atoms in total. The summed E-state index contributed by atoms with van der Waals surface area (Å²) in [5.41, 5.74) is 0.606. The predicted octanol–water partition coefficient (Wildman–Crippen LogP) is 3.08. The van der Waals surface area contributed by atoms with Gasteiger partial charge in [-0.25, -0.2) is 4.79 Å². The van der Waals surface area contributed by atoms with Gasteiger partial charge in [-0.15, -0.1) is 0 Å². The molecule has 1 rings (SSSR count). The van der Waals surface area contributed by atoms with E-state index in [0.29, 0.717) is 25.4 Å². The Morgan fingerprint density at radius 1 is 0.897 bits per heavy atom. The van der Waals surface area contributed by atoms with Crippen molar-refractivity contribution >= 4 is 5.97 Å². The topological polar surface area (TPSA) is 94.5 Å². The third-order valence-electron chi connectivity index (χ3n) is 3.19. The van der Waals surface area contributed by atoms with E-state index in [-0.39, 0.29) is 24.8 Å². The lowest BCUT2D eigenvalue weighted by molar-refractivity contribution is -0.0620. The molecule has 0 heterocycles. The summed E-state index contributed by atoms with van der Waals surface area (Å²) in [7, 11) is 0. The van der Waals surface area contributed by atoms with Gasteiger partial charge in [-0.2, -0.15) is 0 Å². The number of aliphatic hydroxyl groups excluding tert-OH is 2. The van der Waals surface area contributed by atoms with E-state index in [2.05, 4.69) is 0 Å². The molecule has 0 aliphatic rings. The molecule has 7 heteroatoms. The second kappa shape index (κ2) is 21.2. The Hall–Kier alpha value is -1.51. The number of ether oxygens (including phenoxy) is 4. The third-order valence-corrected chi connectivity index (χ3v) is 3.19. The fourth-order valence-electron chi connectivity index (χ4n) is 1.70. The van der Waals surface area contributed by atoms with Crippen LogP contribution in [-0.4, -0.2) is 74.1 Å². The molecule has 29 heavy (non-hydrogen) atoms. The molecule has 0 aliphatic carbocycles. The van der Waals surface area contributed by atoms with E-state index in [9.17, 15) is 4.79 Å². The molecule has 0 bridgehead atoms. The van der Waals surface area contributed by atoms with Gasteiger partial charge in [0.15, 0.2) is 0 Å². The minimum Gasteiger partial charge on any atom is -0.462 e. The largest absolute Gasteiger partial charge is 0.462 e. The fourth-order valence-corrected chi connectivity index (χ4v) is 1.70. The Morgan fingerprint density at radius 3 is 1.86 bits per heavy atom. The molecule has 0 spiro atoms. The Bertz CT molecular complexity index is 463. The maximum Gasteiger partial charge on any atom is 0.338 e. The molecule has 0 radical (unpaired) electrons. The monoisotopic (exact) mass is 416 g/mol. The van der Waals surface area contributed by atoms with Crippen LogP contribution in [-0.2, 0) is 18.9 Å². The van der Waals surface area contributed by atoms with E-state index in [4.69, 9.17) is 29.2 Å². The van der Waals surface area contributed by atoms with Crippen molar-refractivity contribution in [2.24, 2.45) is 0 Å². The van der Waals surface area contributed by atoms with Crippen LogP contribution in [0.15, 0.2) is 30.3 Å². The van der Waals surface area contributed by atoms with Crippen molar-refractivity contribution in [1.82, 2.24) is 0 Å². The summed E-state index contributed by atoms with van der Waals surface area (Å²) in [6.07, 6.45) is -0.654. The van der Waals surface area contributed by atoms with Crippen molar-refractivity contribution in [3.8, 4) is 0 Å². The van der Waals surface area contributed by atoms with E-state index in [0.717, 1.165) is 13.2 Å². The molecule has 170 valence electrons. The zero-order valence-corrected chi connectivity index (χ0v) is 18.8. The van der Waals surface area contributed by atoms with E-state index < -0.39 is 6.10 Å². The smallest absolute Gasteiger partial charge is 0.338 e. The highest BCUT2D eigenvalue weighted by Crippen LogP contribution is 2.00. The molecule has 0 aliphatic heterocycles. The first-order valence-corrected chi connectivity index (χ1v) is 10.1. The number of hydrogen-bond acceptors (Lipinski definition) is 7. The van der Waals surface area contributed by atoms with Crippen molar-refractivity contribution in [3.05, 3.63) is 35.9 Å². The number of hydrogen-bond donors (Lipinski definition) is 2. The van der Waals surface area contributed by atoms with E-state index in [1.54, 1.807) is 32.9 Å². The Morgan fingerprint density at radius 2 is 1.45 bits per heavy atom. The summed E-state index contributed by atoms with van der Waals surface area (Å²) < 4.78 is 20.1. The van der Waals surface area contributed by atoms with Crippen LogP contribution in [0.25, 0.3) is 0 Å². The minimum absolute atomic E-state index is 0.0170. The number of carbonyl (C=O) groups excluding carboxylic acids is 1. The standard InChI is InChI=1S/C9H20O4.C9H10O2.C4H10O/c1-7(11)5-12-9(3)6-13-8(2)4-10;1-2-11-9(10)8-6-4-3-5-7-8;1-3-5-4-2/h7-11H,4-6H2,1-3H3;3-7H,2H2,1H3;3-4H2,1-2H3. The zero-order chi connectivity index (χ0) is 22.5. The lowest BCUT2D eigenvalue weighted by Crippen LogP contribution is -2.24. The third kappa shape index (κ3) is 21.0. The van der Waals surface area contributed by atoms with Gasteiger partial charge >= 0.3 is 5.97 Å². The number of aliphatic hydroxyl groups is 2. The Kier molecular flexibility index (Phi) is 21.7. The molecule has 0 saturated carbocycles. The highest BCUT2D eigenvalue weighted by molar-refractivity contribution is 5.89. The van der Waals surface area contributed by atoms with Gasteiger partial charge < -0.3 is 29.2 Å². The van der Waals surface area contributed by atoms with Gasteiger partial charge in [0, 0.05) is 13.2 Å². The maximum atomic E-state index is 11.0. The van der Waals surface area contributed by atoms with Gasteiger partial charge in [-0.1, -0.05) is 18.2 Å². The van der Waals surface area contributed by atoms with Gasteiger partial charge in [0.2, 0.25) is 0 Å². The molecule has 1 aromatic rings. The number of rotatable bonds is 11. The first kappa shape index (κ1) is 29.7. The van der Waals surface area contributed by atoms with Crippen LogP contribution in [0.5, 0.6) is 0 Å². The second-order valence-electron chi connectivity index (χ2n) is 6.19. The highest BCUT2D eigenvalue weighted by Gasteiger charge is 2.07. The molecule has 0 amide bonds. The summed E-state index contributed by atoms with van der Waals surface area (Å²) >= 11 is 0. The maximum absolute atomic E-state index is 11.0. The molecule has 3 atom stereocenters. The average Bonchev–Trinajstić information content (AvgIpc) is 2.72. The summed E-state index contributed by atoms with van der Waals surface area (Å²) in [5.74, 6) is -0.256. The average molecular weight is 417 g/mol. The van der Waals surface area contributed by atoms with Crippen LogP contribution in [0.2, 0.25) is 0 Å². The SMILES string of the molecule is CC(O)COC(C)COC(C)CO.CCOC(=O)c1ccccc1.CCOCC. The fraction of sp³-hybridized carbons (Fsp3) is 0.682. The lowest BCUT2D eigenvalue weighted by Gasteiger charge is -2.16. The molecule has 0 fully saturated rings. The van der Waals surface area contributed by atoms with Crippen LogP contribution in [0.1, 0.15) is 51.9 Å². The quantitative estimate of drug-likeness (QED) is 0.535. The molecular formula is C22H40O7. The summed E-state index contributed by atoms with van der Waals surface area (Å²) in [6, 6.07) is 8.96. The predicted molar refractivity (Wildman–Crippen MR) is 114 cm³/mol. The van der Waals surface area contributed by atoms with Crippen molar-refractivity contribution in [2.75, 3.05) is 39.6 Å². The van der Waals surface area contributed by atoms with Crippen molar-refractivity contribution < 1.29 is 34.0 Å². The van der Waals surface area contributed by atoms with Crippen LogP contribution >= 0.6 is 0 Å². The molecular weight excluding hydrogens is 376 g/mol. The number of benzene rings is 1. The first-order chi connectivity index (χ1) is 13.8. The Labute approximate surface area is 175 Å². The molecule has 3 unspecified atom stereocenters. The second-order valence-corrected chi connectivity index (χ2v) is 6.19. The van der Waals surface area contributed by atoms with Gasteiger partial charge in [-0.3, -0.25) is 0 Å². The van der Waals surface area contributed by atoms with E-state index in [1.807, 2.05) is 39.0 Å². The van der Waals surface area contributed by atoms with Gasteiger partial charge in [0.05, 0.1) is 50.3 Å². The van der Waals surface area contributed by atoms with Gasteiger partial charge in [0.25, 0.3) is 0 Å². The van der Waals surface area contributed by atoms with Crippen LogP contribution in [0.3, 0.4) is 0 Å². The van der Waals surface area contributed by atoms with Crippen LogP contribution in [0, 0.1) is 0 Å². The minimum atomic E-state index is -0.447. The number of carbonyl (C=O) groups is 1. The zero-order valence-electron chi connectivity index (χ0n) is 18.8. The lowest BCUT2D eigenvalue weighted by atomic mass is 10.2. The van der Waals surface area contributed by atoms with Crippen LogP contribution in [0.4, 0.5) is 0 Å². The summed E-state index contributed by atoms with van der Waals surface area (Å²) in [4.78, 5) is 11.0. The molecule has 0 aromatic heterocycles. The Balaban J connectivity index is 0. The van der Waals surface area contributed by atoms with Crippen molar-refractivity contribution in [3.63, 3.8) is 0 Å². The first-order valence-electron chi connectivity index (χ1n) is 10.1. The summed E-state index contributed by atoms with van der Waals surface area (Å²) in [5, 5.41) is 17.6. The van der Waals surface area contributed by atoms with Crippen LogP contribution < -0.4 is 0 Å². The van der Waals surface area contributed by atoms with Crippen molar-refractivity contribution in [2.45, 2.75) is 59.9 Å². The van der Waals surface area contributed by atoms with Gasteiger partial charge in [-0.05, 0) is 53.7 Å². The van der Waals surface area contributed by atoms with Crippen molar-refractivity contribution in [1.29, 1.82) is 0 Å². The normalized spacial score (nSPS) is 13.1. The highest BCUT2D eigenvalue weighted by atomic mass is 16.5. The summed E-state index contributed by atoms with van der Waals surface area (Å²) in [6.45, 7) is 14.0. The number of esters is 1. The molecule has 0 saturated heterocycles. The van der Waals surface area contributed by atoms with E-state index >= 15 is 0 Å². The molecule has 2 N–H and O–H groups in total.